The SMILES string of the molecule is CC(C)[C@H]1C[C@H](O)[C@@H](C(C)(C)C)O1. The minimum absolute atomic E-state index is 0.0000926. The van der Waals surface area contributed by atoms with Crippen molar-refractivity contribution in [2.24, 2.45) is 11.3 Å². The Balaban J connectivity index is 2.62. The van der Waals surface area contributed by atoms with Crippen molar-refractivity contribution < 1.29 is 9.84 Å². The molecular formula is C11H22O2. The topological polar surface area (TPSA) is 29.5 Å². The molecule has 1 fully saturated rings. The third-order valence-electron chi connectivity index (χ3n) is 2.74. The smallest absolute Gasteiger partial charge is 0.0886 e. The lowest BCUT2D eigenvalue weighted by Gasteiger charge is -2.29. The highest BCUT2D eigenvalue weighted by Gasteiger charge is 2.41. The summed E-state index contributed by atoms with van der Waals surface area (Å²) in [6, 6.07) is 0. The molecule has 1 saturated heterocycles. The van der Waals surface area contributed by atoms with E-state index < -0.39 is 0 Å². The van der Waals surface area contributed by atoms with Crippen molar-refractivity contribution >= 4 is 0 Å². The molecule has 13 heavy (non-hydrogen) atoms. The van der Waals surface area contributed by atoms with Crippen LogP contribution in [0.3, 0.4) is 0 Å². The average Bonchev–Trinajstić information content (AvgIpc) is 2.29. The molecule has 0 spiro atoms. The Morgan fingerprint density at radius 3 is 2.08 bits per heavy atom. The zero-order valence-corrected chi connectivity index (χ0v) is 9.37. The molecule has 0 unspecified atom stereocenters. The fourth-order valence-electron chi connectivity index (χ4n) is 1.91. The van der Waals surface area contributed by atoms with Gasteiger partial charge in [-0.15, -0.1) is 0 Å². The van der Waals surface area contributed by atoms with E-state index in [9.17, 15) is 5.11 Å². The number of aliphatic hydroxyl groups excluding tert-OH is 1. The van der Waals surface area contributed by atoms with Crippen LogP contribution in [0, 0.1) is 11.3 Å². The van der Waals surface area contributed by atoms with Crippen LogP contribution in [0.2, 0.25) is 0 Å². The third-order valence-corrected chi connectivity index (χ3v) is 2.74. The molecule has 1 heterocycles. The lowest BCUT2D eigenvalue weighted by molar-refractivity contribution is -0.0619. The van der Waals surface area contributed by atoms with Gasteiger partial charge in [-0.25, -0.2) is 0 Å². The molecule has 0 saturated carbocycles. The highest BCUT2D eigenvalue weighted by atomic mass is 16.5. The van der Waals surface area contributed by atoms with Crippen LogP contribution in [-0.4, -0.2) is 23.4 Å². The first kappa shape index (κ1) is 11.0. The van der Waals surface area contributed by atoms with Crippen molar-refractivity contribution in [2.45, 2.75) is 59.4 Å². The van der Waals surface area contributed by atoms with Crippen molar-refractivity contribution in [3.05, 3.63) is 0 Å². The van der Waals surface area contributed by atoms with E-state index >= 15 is 0 Å². The van der Waals surface area contributed by atoms with E-state index in [-0.39, 0.29) is 23.7 Å². The highest BCUT2D eigenvalue weighted by molar-refractivity contribution is 4.90. The van der Waals surface area contributed by atoms with Gasteiger partial charge in [-0.05, 0) is 11.3 Å². The summed E-state index contributed by atoms with van der Waals surface area (Å²) in [5, 5.41) is 9.82. The van der Waals surface area contributed by atoms with Gasteiger partial charge in [-0.3, -0.25) is 0 Å². The normalized spacial score (nSPS) is 35.8. The Morgan fingerprint density at radius 1 is 1.31 bits per heavy atom. The molecule has 0 aliphatic carbocycles. The van der Waals surface area contributed by atoms with Crippen molar-refractivity contribution in [3.8, 4) is 0 Å². The fourth-order valence-corrected chi connectivity index (χ4v) is 1.91. The van der Waals surface area contributed by atoms with Crippen LogP contribution in [0.1, 0.15) is 41.0 Å². The highest BCUT2D eigenvalue weighted by Crippen LogP contribution is 2.35. The summed E-state index contributed by atoms with van der Waals surface area (Å²) in [6.45, 7) is 10.6. The second kappa shape index (κ2) is 3.58. The fraction of sp³-hybridized carbons (Fsp3) is 1.00. The molecule has 0 bridgehead atoms. The van der Waals surface area contributed by atoms with Gasteiger partial charge in [0.2, 0.25) is 0 Å². The van der Waals surface area contributed by atoms with E-state index in [2.05, 4.69) is 34.6 Å². The number of aliphatic hydroxyl groups is 1. The van der Waals surface area contributed by atoms with Crippen molar-refractivity contribution in [1.29, 1.82) is 0 Å². The first-order chi connectivity index (χ1) is 5.82. The van der Waals surface area contributed by atoms with E-state index in [1.165, 1.54) is 0 Å². The molecule has 3 atom stereocenters. The van der Waals surface area contributed by atoms with E-state index in [0.29, 0.717) is 5.92 Å². The molecule has 0 radical (unpaired) electrons. The van der Waals surface area contributed by atoms with E-state index in [4.69, 9.17) is 4.74 Å². The second-order valence-electron chi connectivity index (χ2n) is 5.51. The summed E-state index contributed by atoms with van der Waals surface area (Å²) < 4.78 is 5.85. The van der Waals surface area contributed by atoms with Gasteiger partial charge in [-0.2, -0.15) is 0 Å². The van der Waals surface area contributed by atoms with Crippen LogP contribution < -0.4 is 0 Å². The van der Waals surface area contributed by atoms with Gasteiger partial charge in [0.1, 0.15) is 0 Å². The lowest BCUT2D eigenvalue weighted by atomic mass is 9.86. The van der Waals surface area contributed by atoms with Crippen molar-refractivity contribution in [3.63, 3.8) is 0 Å². The zero-order valence-electron chi connectivity index (χ0n) is 9.37. The van der Waals surface area contributed by atoms with Crippen molar-refractivity contribution in [2.75, 3.05) is 0 Å². The Kier molecular flexibility index (Phi) is 3.03. The predicted octanol–water partition coefficient (Wildman–Crippen LogP) is 2.21. The lowest BCUT2D eigenvalue weighted by Crippen LogP contribution is -2.34. The van der Waals surface area contributed by atoms with Gasteiger partial charge in [0.25, 0.3) is 0 Å². The largest absolute Gasteiger partial charge is 0.390 e. The quantitative estimate of drug-likeness (QED) is 0.680. The van der Waals surface area contributed by atoms with Crippen LogP contribution in [0.4, 0.5) is 0 Å². The molecule has 0 aromatic heterocycles. The minimum atomic E-state index is -0.285. The van der Waals surface area contributed by atoms with E-state index in [0.717, 1.165) is 6.42 Å². The third kappa shape index (κ3) is 2.44. The maximum absolute atomic E-state index is 9.82. The summed E-state index contributed by atoms with van der Waals surface area (Å²) >= 11 is 0. The number of ether oxygens (including phenoxy) is 1. The summed E-state index contributed by atoms with van der Waals surface area (Å²) in [4.78, 5) is 0. The molecule has 2 nitrogen and oxygen atoms in total. The van der Waals surface area contributed by atoms with Crippen LogP contribution >= 0.6 is 0 Å². The molecule has 0 aromatic carbocycles. The monoisotopic (exact) mass is 186 g/mol. The van der Waals surface area contributed by atoms with Gasteiger partial charge < -0.3 is 9.84 Å². The van der Waals surface area contributed by atoms with Crippen molar-refractivity contribution in [1.82, 2.24) is 0 Å². The zero-order chi connectivity index (χ0) is 10.2. The van der Waals surface area contributed by atoms with Crippen LogP contribution in [0.25, 0.3) is 0 Å². The number of hydrogen-bond acceptors (Lipinski definition) is 2. The van der Waals surface area contributed by atoms with Gasteiger partial charge in [-0.1, -0.05) is 34.6 Å². The van der Waals surface area contributed by atoms with Crippen LogP contribution in [-0.2, 0) is 4.74 Å². The minimum Gasteiger partial charge on any atom is -0.390 e. The van der Waals surface area contributed by atoms with Crippen LogP contribution in [0.15, 0.2) is 0 Å². The van der Waals surface area contributed by atoms with Crippen LogP contribution in [0.5, 0.6) is 0 Å². The Labute approximate surface area is 81.3 Å². The maximum atomic E-state index is 9.82. The van der Waals surface area contributed by atoms with Gasteiger partial charge in [0, 0.05) is 6.42 Å². The number of rotatable bonds is 1. The van der Waals surface area contributed by atoms with Gasteiger partial charge in [0.15, 0.2) is 0 Å². The van der Waals surface area contributed by atoms with Gasteiger partial charge >= 0.3 is 0 Å². The second-order valence-corrected chi connectivity index (χ2v) is 5.51. The molecule has 2 heteroatoms. The van der Waals surface area contributed by atoms with E-state index in [1.54, 1.807) is 0 Å². The molecule has 78 valence electrons. The van der Waals surface area contributed by atoms with Gasteiger partial charge in [0.05, 0.1) is 18.3 Å². The summed E-state index contributed by atoms with van der Waals surface area (Å²) in [5.41, 5.74) is 0.0447. The molecule has 0 aromatic rings. The molecule has 1 aliphatic rings. The summed E-state index contributed by atoms with van der Waals surface area (Å²) in [7, 11) is 0. The molecule has 0 amide bonds. The standard InChI is InChI=1S/C11H22O2/c1-7(2)9-6-8(12)10(13-9)11(3,4)5/h7-10,12H,6H2,1-5H3/t8-,9+,10-/m0/s1. The Bertz CT molecular complexity index is 169. The molecule has 1 rings (SSSR count). The summed E-state index contributed by atoms with van der Waals surface area (Å²) in [5.74, 6) is 0.502. The Morgan fingerprint density at radius 2 is 1.85 bits per heavy atom. The first-order valence-corrected chi connectivity index (χ1v) is 5.16. The van der Waals surface area contributed by atoms with E-state index in [1.807, 2.05) is 0 Å². The molecular weight excluding hydrogens is 164 g/mol. The molecule has 1 N–H and O–H groups in total. The Hall–Kier alpha value is -0.0800. The maximum Gasteiger partial charge on any atom is 0.0886 e. The first-order valence-electron chi connectivity index (χ1n) is 5.16. The number of hydrogen-bond donors (Lipinski definition) is 1. The molecule has 1 aliphatic heterocycles. The summed E-state index contributed by atoms with van der Waals surface area (Å²) in [6.07, 6.45) is 0.742. The predicted molar refractivity (Wildman–Crippen MR) is 53.6 cm³/mol. The average molecular weight is 186 g/mol.